The zero-order chi connectivity index (χ0) is 16.2. The summed E-state index contributed by atoms with van der Waals surface area (Å²) in [5.41, 5.74) is 1.05. The fraction of sp³-hybridized carbons (Fsp3) is 0.632. The summed E-state index contributed by atoms with van der Waals surface area (Å²) in [7, 11) is 0. The highest BCUT2D eigenvalue weighted by molar-refractivity contribution is 9.10. The molecule has 0 amide bonds. The number of piperidine rings is 2. The lowest BCUT2D eigenvalue weighted by molar-refractivity contribution is -0.201. The van der Waals surface area contributed by atoms with Crippen molar-refractivity contribution in [3.63, 3.8) is 0 Å². The van der Waals surface area contributed by atoms with Crippen LogP contribution in [0.5, 0.6) is 0 Å². The van der Waals surface area contributed by atoms with Crippen LogP contribution in [0.1, 0.15) is 44.8 Å². The molecule has 4 heteroatoms. The van der Waals surface area contributed by atoms with Crippen molar-refractivity contribution in [3.05, 3.63) is 34.3 Å². The van der Waals surface area contributed by atoms with Crippen LogP contribution in [-0.4, -0.2) is 41.8 Å². The summed E-state index contributed by atoms with van der Waals surface area (Å²) in [6, 6.07) is 8.65. The maximum atomic E-state index is 13.2. The van der Waals surface area contributed by atoms with E-state index in [4.69, 9.17) is 0 Å². The Balaban J connectivity index is 1.69. The first kappa shape index (κ1) is 15.8. The van der Waals surface area contributed by atoms with E-state index in [2.05, 4.69) is 63.8 Å². The van der Waals surface area contributed by atoms with Crippen molar-refractivity contribution in [1.29, 1.82) is 0 Å². The average Bonchev–Trinajstić information content (AvgIpc) is 2.49. The number of nitrogens with zero attached hydrogens (tertiary/aromatic N) is 2. The van der Waals surface area contributed by atoms with Crippen molar-refractivity contribution in [2.24, 2.45) is 10.8 Å². The van der Waals surface area contributed by atoms with Crippen molar-refractivity contribution < 1.29 is 4.79 Å². The maximum Gasteiger partial charge on any atom is 0.150 e. The largest absolute Gasteiger partial charge is 0.298 e. The van der Waals surface area contributed by atoms with Gasteiger partial charge in [-0.25, -0.2) is 0 Å². The summed E-state index contributed by atoms with van der Waals surface area (Å²) in [5.74, 6) is 0.540. The molecule has 23 heavy (non-hydrogen) atoms. The van der Waals surface area contributed by atoms with Gasteiger partial charge in [0.05, 0.1) is 17.0 Å². The van der Waals surface area contributed by atoms with Gasteiger partial charge >= 0.3 is 0 Å². The van der Waals surface area contributed by atoms with Gasteiger partial charge in [0.15, 0.2) is 0 Å². The number of carbonyl (C=O) groups is 1. The van der Waals surface area contributed by atoms with Gasteiger partial charge in [-0.15, -0.1) is 0 Å². The van der Waals surface area contributed by atoms with E-state index < -0.39 is 0 Å². The molecule has 0 spiro atoms. The molecule has 4 bridgehead atoms. The summed E-state index contributed by atoms with van der Waals surface area (Å²) in [4.78, 5) is 18.3. The molecule has 1 aromatic carbocycles. The molecule has 0 aromatic heterocycles. The monoisotopic (exact) mass is 376 g/mol. The van der Waals surface area contributed by atoms with Gasteiger partial charge in [0.1, 0.15) is 5.78 Å². The van der Waals surface area contributed by atoms with Crippen LogP contribution in [0.3, 0.4) is 0 Å². The van der Waals surface area contributed by atoms with E-state index >= 15 is 0 Å². The van der Waals surface area contributed by atoms with Gasteiger partial charge in [-0.1, -0.05) is 54.8 Å². The highest BCUT2D eigenvalue weighted by Crippen LogP contribution is 2.53. The van der Waals surface area contributed by atoms with Crippen LogP contribution < -0.4 is 0 Å². The lowest BCUT2D eigenvalue weighted by Crippen LogP contribution is -2.76. The van der Waals surface area contributed by atoms with E-state index in [9.17, 15) is 4.79 Å². The molecule has 4 aliphatic rings. The van der Waals surface area contributed by atoms with E-state index in [1.165, 1.54) is 12.0 Å². The molecule has 0 N–H and O–H groups in total. The number of ketones is 1. The molecular weight excluding hydrogens is 352 g/mol. The third-order valence-corrected chi connectivity index (χ3v) is 6.49. The third kappa shape index (κ3) is 2.33. The Kier molecular flexibility index (Phi) is 3.71. The highest BCUT2D eigenvalue weighted by Gasteiger charge is 2.63. The maximum absolute atomic E-state index is 13.2. The second-order valence-corrected chi connectivity index (χ2v) is 8.93. The Labute approximate surface area is 147 Å². The topological polar surface area (TPSA) is 23.6 Å². The Morgan fingerprint density at radius 1 is 1.22 bits per heavy atom. The number of Topliss-reactive ketones (excluding diaryl/α,β-unsaturated/α-hetero) is 1. The smallest absolute Gasteiger partial charge is 0.150 e. The standard InChI is InChI=1S/C19H25BrN2O/c1-3-4-8-19-12-21-10-18(2,17(19)23)11-22(13-19)16(21)14-6-5-7-15(20)9-14/h5-7,9,16H,3-4,8,10-13H2,1-2H3. The van der Waals surface area contributed by atoms with Gasteiger partial charge in [-0.3, -0.25) is 14.6 Å². The molecule has 1 aromatic rings. The number of hydrogen-bond donors (Lipinski definition) is 0. The van der Waals surface area contributed by atoms with Crippen LogP contribution in [0.2, 0.25) is 0 Å². The first-order chi connectivity index (χ1) is 11.0. The summed E-state index contributed by atoms with van der Waals surface area (Å²) < 4.78 is 1.13. The molecule has 4 saturated heterocycles. The van der Waals surface area contributed by atoms with E-state index in [0.717, 1.165) is 43.5 Å². The van der Waals surface area contributed by atoms with Crippen molar-refractivity contribution >= 4 is 21.7 Å². The first-order valence-corrected chi connectivity index (χ1v) is 9.55. The predicted molar refractivity (Wildman–Crippen MR) is 95.1 cm³/mol. The molecule has 0 aliphatic carbocycles. The number of benzene rings is 1. The quantitative estimate of drug-likeness (QED) is 0.797. The lowest BCUT2D eigenvalue weighted by Gasteiger charge is -2.65. The molecule has 4 heterocycles. The lowest BCUT2D eigenvalue weighted by atomic mass is 9.59. The fourth-order valence-electron chi connectivity index (χ4n) is 5.27. The summed E-state index contributed by atoms with van der Waals surface area (Å²) in [5, 5.41) is 0. The summed E-state index contributed by atoms with van der Waals surface area (Å²) in [6.45, 7) is 8.11. The molecule has 2 unspecified atom stereocenters. The van der Waals surface area contributed by atoms with Gasteiger partial charge in [0, 0.05) is 30.7 Å². The van der Waals surface area contributed by atoms with Crippen molar-refractivity contribution in [2.45, 2.75) is 39.3 Å². The molecule has 2 atom stereocenters. The minimum Gasteiger partial charge on any atom is -0.298 e. The van der Waals surface area contributed by atoms with E-state index in [1.54, 1.807) is 0 Å². The highest BCUT2D eigenvalue weighted by atomic mass is 79.9. The molecule has 3 nitrogen and oxygen atoms in total. The minimum atomic E-state index is -0.174. The van der Waals surface area contributed by atoms with E-state index in [-0.39, 0.29) is 10.8 Å². The van der Waals surface area contributed by atoms with Crippen molar-refractivity contribution in [1.82, 2.24) is 9.80 Å². The second-order valence-electron chi connectivity index (χ2n) is 8.01. The molecular formula is C19H25BrN2O. The Hall–Kier alpha value is -0.710. The first-order valence-electron chi connectivity index (χ1n) is 8.76. The molecule has 5 rings (SSSR count). The molecule has 124 valence electrons. The van der Waals surface area contributed by atoms with Gasteiger partial charge in [0.25, 0.3) is 0 Å². The number of rotatable bonds is 4. The van der Waals surface area contributed by atoms with Gasteiger partial charge < -0.3 is 0 Å². The summed E-state index contributed by atoms with van der Waals surface area (Å²) in [6.07, 6.45) is 3.71. The number of hydrogen-bond acceptors (Lipinski definition) is 3. The number of carbonyl (C=O) groups excluding carboxylic acids is 1. The van der Waals surface area contributed by atoms with E-state index in [1.807, 2.05) is 0 Å². The second kappa shape index (κ2) is 5.40. The summed E-state index contributed by atoms with van der Waals surface area (Å²) >= 11 is 3.60. The van der Waals surface area contributed by atoms with Crippen LogP contribution in [0.25, 0.3) is 0 Å². The zero-order valence-electron chi connectivity index (χ0n) is 14.0. The predicted octanol–water partition coefficient (Wildman–Crippen LogP) is 3.84. The van der Waals surface area contributed by atoms with Crippen LogP contribution >= 0.6 is 15.9 Å². The fourth-order valence-corrected chi connectivity index (χ4v) is 5.68. The molecule has 4 fully saturated rings. The minimum absolute atomic E-state index is 0.121. The number of halogens is 1. The molecule has 4 aliphatic heterocycles. The Morgan fingerprint density at radius 3 is 2.52 bits per heavy atom. The average molecular weight is 377 g/mol. The van der Waals surface area contributed by atoms with Gasteiger partial charge in [-0.05, 0) is 24.1 Å². The third-order valence-electron chi connectivity index (χ3n) is 5.99. The Bertz CT molecular complexity index is 628. The van der Waals surface area contributed by atoms with Crippen LogP contribution in [0.15, 0.2) is 28.7 Å². The van der Waals surface area contributed by atoms with Crippen LogP contribution in [0.4, 0.5) is 0 Å². The van der Waals surface area contributed by atoms with E-state index in [0.29, 0.717) is 11.9 Å². The Morgan fingerprint density at radius 2 is 1.91 bits per heavy atom. The SMILES string of the molecule is CCCCC12CN3CC(C)(CN(C1)C3c1cccc(Br)c1)C2=O. The van der Waals surface area contributed by atoms with Crippen LogP contribution in [-0.2, 0) is 4.79 Å². The number of unbranched alkanes of at least 4 members (excludes halogenated alkanes) is 1. The van der Waals surface area contributed by atoms with Crippen molar-refractivity contribution in [3.8, 4) is 0 Å². The normalized spacial score (nSPS) is 41.5. The molecule has 0 saturated carbocycles. The van der Waals surface area contributed by atoms with Crippen LogP contribution in [0, 0.1) is 10.8 Å². The molecule has 0 radical (unpaired) electrons. The van der Waals surface area contributed by atoms with Crippen molar-refractivity contribution in [2.75, 3.05) is 26.2 Å². The zero-order valence-corrected chi connectivity index (χ0v) is 15.6. The van der Waals surface area contributed by atoms with Gasteiger partial charge in [-0.2, -0.15) is 0 Å². The van der Waals surface area contributed by atoms with Gasteiger partial charge in [0.2, 0.25) is 0 Å².